The maximum Gasteiger partial charge on any atom is 0.239 e. The van der Waals surface area contributed by atoms with Crippen molar-refractivity contribution in [1.82, 2.24) is 15.5 Å². The molecule has 21 heavy (non-hydrogen) atoms. The molecule has 0 aromatic rings. The molecule has 1 aliphatic heterocycles. The second-order valence-electron chi connectivity index (χ2n) is 6.32. The zero-order valence-corrected chi connectivity index (χ0v) is 14.0. The molecule has 0 atom stereocenters. The van der Waals surface area contributed by atoms with Gasteiger partial charge in [-0.05, 0) is 53.1 Å². The molecule has 2 amide bonds. The molecule has 0 aromatic carbocycles. The van der Waals surface area contributed by atoms with Crippen molar-refractivity contribution >= 4 is 11.8 Å². The van der Waals surface area contributed by atoms with E-state index in [4.69, 9.17) is 0 Å². The lowest BCUT2D eigenvalue weighted by molar-refractivity contribution is -0.147. The van der Waals surface area contributed by atoms with Crippen molar-refractivity contribution in [3.05, 3.63) is 0 Å². The first kappa shape index (κ1) is 18.0. The van der Waals surface area contributed by atoms with E-state index >= 15 is 0 Å². The van der Waals surface area contributed by atoms with Crippen molar-refractivity contribution in [3.8, 4) is 0 Å². The molecule has 2 N–H and O–H groups in total. The smallest absolute Gasteiger partial charge is 0.239 e. The fourth-order valence-corrected chi connectivity index (χ4v) is 3.16. The van der Waals surface area contributed by atoms with Crippen molar-refractivity contribution in [2.24, 2.45) is 5.41 Å². The van der Waals surface area contributed by atoms with Crippen LogP contribution < -0.4 is 10.6 Å². The molecular weight excluding hydrogens is 266 g/mol. The van der Waals surface area contributed by atoms with Crippen LogP contribution in [-0.4, -0.2) is 48.9 Å². The molecule has 0 unspecified atom stereocenters. The van der Waals surface area contributed by atoms with Crippen LogP contribution in [0.25, 0.3) is 0 Å². The van der Waals surface area contributed by atoms with Gasteiger partial charge in [0.1, 0.15) is 0 Å². The minimum Gasteiger partial charge on any atom is -0.352 e. The number of likely N-dealkylation sites (N-methyl/N-ethyl adjacent to an activating group) is 1. The molecule has 0 radical (unpaired) electrons. The van der Waals surface area contributed by atoms with Crippen LogP contribution >= 0.6 is 0 Å². The Morgan fingerprint density at radius 2 is 1.86 bits per heavy atom. The minimum atomic E-state index is -0.270. The first-order valence-corrected chi connectivity index (χ1v) is 8.24. The van der Waals surface area contributed by atoms with Gasteiger partial charge in [0, 0.05) is 12.6 Å². The second kappa shape index (κ2) is 8.37. The van der Waals surface area contributed by atoms with E-state index in [2.05, 4.69) is 17.6 Å². The zero-order chi connectivity index (χ0) is 15.9. The van der Waals surface area contributed by atoms with E-state index in [-0.39, 0.29) is 29.8 Å². The van der Waals surface area contributed by atoms with Crippen LogP contribution in [-0.2, 0) is 9.59 Å². The number of carbonyl (C=O) groups excluding carboxylic acids is 2. The van der Waals surface area contributed by atoms with E-state index in [0.29, 0.717) is 6.54 Å². The maximum absolute atomic E-state index is 13.0. The van der Waals surface area contributed by atoms with Crippen molar-refractivity contribution in [1.29, 1.82) is 0 Å². The van der Waals surface area contributed by atoms with Crippen molar-refractivity contribution < 1.29 is 9.59 Å². The molecule has 0 aromatic heterocycles. The van der Waals surface area contributed by atoms with Crippen LogP contribution in [0.3, 0.4) is 0 Å². The van der Waals surface area contributed by atoms with Gasteiger partial charge in [-0.1, -0.05) is 13.3 Å². The molecule has 0 aliphatic carbocycles. The Hall–Kier alpha value is -1.10. The lowest BCUT2D eigenvalue weighted by Crippen LogP contribution is -2.52. The van der Waals surface area contributed by atoms with Gasteiger partial charge in [-0.3, -0.25) is 9.59 Å². The summed E-state index contributed by atoms with van der Waals surface area (Å²) in [4.78, 5) is 26.7. The van der Waals surface area contributed by atoms with Gasteiger partial charge >= 0.3 is 0 Å². The summed E-state index contributed by atoms with van der Waals surface area (Å²) in [6.45, 7) is 10.5. The van der Waals surface area contributed by atoms with Crippen LogP contribution in [0.4, 0.5) is 0 Å². The summed E-state index contributed by atoms with van der Waals surface area (Å²) >= 11 is 0. The van der Waals surface area contributed by atoms with E-state index in [0.717, 1.165) is 38.8 Å². The molecule has 1 fully saturated rings. The fraction of sp³-hybridized carbons (Fsp3) is 0.875. The van der Waals surface area contributed by atoms with E-state index in [1.807, 2.05) is 20.8 Å². The molecule has 0 bridgehead atoms. The number of carbonyl (C=O) groups is 2. The lowest BCUT2D eigenvalue weighted by atomic mass is 9.74. The predicted octanol–water partition coefficient (Wildman–Crippen LogP) is 1.53. The standard InChI is InChI=1S/C16H31N3O2/c1-5-7-16(8-10-17-11-9-16)15(21)19(6-2)12-14(20)18-13(3)4/h13,17H,5-12H2,1-4H3,(H,18,20). The summed E-state index contributed by atoms with van der Waals surface area (Å²) in [5.74, 6) is 0.0908. The third-order valence-electron chi connectivity index (χ3n) is 4.20. The van der Waals surface area contributed by atoms with E-state index in [9.17, 15) is 9.59 Å². The lowest BCUT2D eigenvalue weighted by Gasteiger charge is -2.39. The molecule has 1 aliphatic rings. The molecule has 0 saturated carbocycles. The minimum absolute atomic E-state index is 0.0687. The number of hydrogen-bond donors (Lipinski definition) is 2. The highest BCUT2D eigenvalue weighted by Gasteiger charge is 2.41. The zero-order valence-electron chi connectivity index (χ0n) is 14.0. The normalized spacial score (nSPS) is 17.6. The van der Waals surface area contributed by atoms with Gasteiger partial charge in [0.05, 0.1) is 12.0 Å². The second-order valence-corrected chi connectivity index (χ2v) is 6.32. The number of nitrogens with zero attached hydrogens (tertiary/aromatic N) is 1. The van der Waals surface area contributed by atoms with Crippen molar-refractivity contribution in [2.75, 3.05) is 26.2 Å². The van der Waals surface area contributed by atoms with E-state index in [1.54, 1.807) is 4.90 Å². The first-order valence-electron chi connectivity index (χ1n) is 8.24. The Balaban J connectivity index is 2.76. The average Bonchev–Trinajstić information content (AvgIpc) is 2.44. The van der Waals surface area contributed by atoms with Gasteiger partial charge < -0.3 is 15.5 Å². The Kier molecular flexibility index (Phi) is 7.15. The number of amides is 2. The van der Waals surface area contributed by atoms with Gasteiger partial charge in [0.15, 0.2) is 0 Å². The summed E-state index contributed by atoms with van der Waals surface area (Å²) in [6.07, 6.45) is 3.67. The predicted molar refractivity (Wildman–Crippen MR) is 85.0 cm³/mol. The summed E-state index contributed by atoms with van der Waals surface area (Å²) < 4.78 is 0. The molecule has 5 heteroatoms. The average molecular weight is 297 g/mol. The Morgan fingerprint density at radius 3 is 2.33 bits per heavy atom. The Morgan fingerprint density at radius 1 is 1.24 bits per heavy atom. The van der Waals surface area contributed by atoms with Gasteiger partial charge in [-0.25, -0.2) is 0 Å². The fourth-order valence-electron chi connectivity index (χ4n) is 3.16. The SMILES string of the molecule is CCCC1(C(=O)N(CC)CC(=O)NC(C)C)CCNCC1. The van der Waals surface area contributed by atoms with Gasteiger partial charge in [0.2, 0.25) is 11.8 Å². The molecular formula is C16H31N3O2. The first-order chi connectivity index (χ1) is 9.95. The third-order valence-corrected chi connectivity index (χ3v) is 4.20. The molecule has 1 rings (SSSR count). The highest BCUT2D eigenvalue weighted by Crippen LogP contribution is 2.36. The topological polar surface area (TPSA) is 61.4 Å². The highest BCUT2D eigenvalue weighted by atomic mass is 16.2. The highest BCUT2D eigenvalue weighted by molar-refractivity contribution is 5.88. The van der Waals surface area contributed by atoms with E-state index in [1.165, 1.54) is 0 Å². The molecule has 5 nitrogen and oxygen atoms in total. The van der Waals surface area contributed by atoms with Crippen LogP contribution in [0, 0.1) is 5.41 Å². The van der Waals surface area contributed by atoms with Crippen LogP contribution in [0.2, 0.25) is 0 Å². The summed E-state index contributed by atoms with van der Waals surface area (Å²) in [7, 11) is 0. The Labute approximate surface area is 128 Å². The van der Waals surface area contributed by atoms with Crippen molar-refractivity contribution in [2.45, 2.75) is 59.4 Å². The number of piperidine rings is 1. The molecule has 0 spiro atoms. The molecule has 122 valence electrons. The van der Waals surface area contributed by atoms with E-state index < -0.39 is 0 Å². The van der Waals surface area contributed by atoms with Crippen LogP contribution in [0.15, 0.2) is 0 Å². The van der Waals surface area contributed by atoms with Gasteiger partial charge in [-0.15, -0.1) is 0 Å². The molecule has 1 saturated heterocycles. The summed E-state index contributed by atoms with van der Waals surface area (Å²) in [5, 5.41) is 6.19. The Bertz CT molecular complexity index is 344. The maximum atomic E-state index is 13.0. The number of hydrogen-bond acceptors (Lipinski definition) is 3. The summed E-state index contributed by atoms with van der Waals surface area (Å²) in [5.41, 5.74) is -0.270. The number of nitrogens with one attached hydrogen (secondary N) is 2. The number of rotatable bonds is 7. The molecule has 1 heterocycles. The van der Waals surface area contributed by atoms with Gasteiger partial charge in [-0.2, -0.15) is 0 Å². The quantitative estimate of drug-likeness (QED) is 0.749. The van der Waals surface area contributed by atoms with Crippen molar-refractivity contribution in [3.63, 3.8) is 0 Å². The van der Waals surface area contributed by atoms with Gasteiger partial charge in [0.25, 0.3) is 0 Å². The summed E-state index contributed by atoms with van der Waals surface area (Å²) in [6, 6.07) is 0.106. The van der Waals surface area contributed by atoms with Crippen LogP contribution in [0.5, 0.6) is 0 Å². The third kappa shape index (κ3) is 4.99. The monoisotopic (exact) mass is 297 g/mol. The van der Waals surface area contributed by atoms with Crippen LogP contribution in [0.1, 0.15) is 53.4 Å². The largest absolute Gasteiger partial charge is 0.352 e.